The van der Waals surface area contributed by atoms with Crippen molar-refractivity contribution in [2.24, 2.45) is 0 Å². The van der Waals surface area contributed by atoms with Crippen molar-refractivity contribution in [3.05, 3.63) is 46.3 Å². The number of fused-ring (bicyclic) bond motifs is 1. The monoisotopic (exact) mass is 405 g/mol. The predicted octanol–water partition coefficient (Wildman–Crippen LogP) is 1.51. The molecular formula is C19H24ClN5O3. The van der Waals surface area contributed by atoms with Crippen LogP contribution in [-0.4, -0.2) is 59.8 Å². The first-order valence-corrected chi connectivity index (χ1v) is 9.19. The molecular weight excluding hydrogens is 382 g/mol. The molecule has 1 aromatic heterocycles. The highest BCUT2D eigenvalue weighted by Crippen LogP contribution is 2.21. The fourth-order valence-electron chi connectivity index (χ4n) is 3.43. The van der Waals surface area contributed by atoms with Crippen LogP contribution in [0.1, 0.15) is 37.7 Å². The Balaban J connectivity index is 0.00000225. The van der Waals surface area contributed by atoms with Crippen LogP contribution >= 0.6 is 12.4 Å². The number of carbonyl (C=O) groups excluding carboxylic acids is 2. The third-order valence-corrected chi connectivity index (χ3v) is 5.05. The van der Waals surface area contributed by atoms with Crippen molar-refractivity contribution in [3.8, 4) is 0 Å². The third kappa shape index (κ3) is 4.04. The molecule has 2 aliphatic rings. The lowest BCUT2D eigenvalue weighted by Gasteiger charge is -2.27. The van der Waals surface area contributed by atoms with Gasteiger partial charge in [-0.25, -0.2) is 0 Å². The van der Waals surface area contributed by atoms with E-state index in [1.165, 1.54) is 0 Å². The lowest BCUT2D eigenvalue weighted by molar-refractivity contribution is 0.0303. The van der Waals surface area contributed by atoms with Gasteiger partial charge in [-0.1, -0.05) is 6.07 Å². The first kappa shape index (κ1) is 20.3. The lowest BCUT2D eigenvalue weighted by atomic mass is 10.1. The second kappa shape index (κ2) is 8.72. The summed E-state index contributed by atoms with van der Waals surface area (Å²) in [5.41, 5.74) is 4.40. The van der Waals surface area contributed by atoms with E-state index in [1.807, 2.05) is 13.0 Å². The molecule has 0 spiro atoms. The van der Waals surface area contributed by atoms with Gasteiger partial charge in [-0.05, 0) is 24.6 Å². The SMILES string of the molecule is Cc1ccc(C(=O)N2CCOCC2)cc1NC(=O)c1n[nH]c2c1CNCC2.Cl. The first-order chi connectivity index (χ1) is 13.1. The number of hydrogen-bond acceptors (Lipinski definition) is 5. The number of halogens is 1. The van der Waals surface area contributed by atoms with Crippen LogP contribution in [0.3, 0.4) is 0 Å². The fourth-order valence-corrected chi connectivity index (χ4v) is 3.43. The molecule has 0 unspecified atom stereocenters. The van der Waals surface area contributed by atoms with Crippen LogP contribution < -0.4 is 10.6 Å². The molecule has 0 saturated carbocycles. The van der Waals surface area contributed by atoms with E-state index in [9.17, 15) is 9.59 Å². The van der Waals surface area contributed by atoms with Gasteiger partial charge >= 0.3 is 0 Å². The number of H-pyrrole nitrogens is 1. The van der Waals surface area contributed by atoms with Crippen LogP contribution in [0.4, 0.5) is 5.69 Å². The van der Waals surface area contributed by atoms with Gasteiger partial charge in [0.05, 0.1) is 13.2 Å². The zero-order chi connectivity index (χ0) is 18.8. The highest BCUT2D eigenvalue weighted by Gasteiger charge is 2.23. The fraction of sp³-hybridized carbons (Fsp3) is 0.421. The average molecular weight is 406 g/mol. The maximum Gasteiger partial charge on any atom is 0.276 e. The number of aromatic amines is 1. The molecule has 2 aliphatic heterocycles. The van der Waals surface area contributed by atoms with Gasteiger partial charge in [0.1, 0.15) is 0 Å². The summed E-state index contributed by atoms with van der Waals surface area (Å²) in [5.74, 6) is -0.314. The van der Waals surface area contributed by atoms with Gasteiger partial charge in [0, 0.05) is 55.1 Å². The molecule has 150 valence electrons. The van der Waals surface area contributed by atoms with Crippen molar-refractivity contribution < 1.29 is 14.3 Å². The summed E-state index contributed by atoms with van der Waals surface area (Å²) >= 11 is 0. The maximum absolute atomic E-state index is 12.7. The van der Waals surface area contributed by atoms with Gasteiger partial charge < -0.3 is 20.3 Å². The van der Waals surface area contributed by atoms with Gasteiger partial charge in [-0.3, -0.25) is 14.7 Å². The van der Waals surface area contributed by atoms with Crippen LogP contribution in [0, 0.1) is 6.92 Å². The Morgan fingerprint density at radius 2 is 2.04 bits per heavy atom. The van der Waals surface area contributed by atoms with E-state index in [2.05, 4.69) is 20.8 Å². The number of aryl methyl sites for hydroxylation is 1. The van der Waals surface area contributed by atoms with Crippen molar-refractivity contribution in [1.82, 2.24) is 20.4 Å². The van der Waals surface area contributed by atoms with Crippen molar-refractivity contribution in [2.45, 2.75) is 19.9 Å². The zero-order valence-corrected chi connectivity index (χ0v) is 16.5. The Hall–Kier alpha value is -2.42. The van der Waals surface area contributed by atoms with Gasteiger partial charge in [-0.2, -0.15) is 5.10 Å². The van der Waals surface area contributed by atoms with E-state index in [-0.39, 0.29) is 24.2 Å². The van der Waals surface area contributed by atoms with Gasteiger partial charge in [0.2, 0.25) is 0 Å². The Morgan fingerprint density at radius 1 is 1.25 bits per heavy atom. The molecule has 9 heteroatoms. The first-order valence-electron chi connectivity index (χ1n) is 9.19. The molecule has 28 heavy (non-hydrogen) atoms. The molecule has 1 saturated heterocycles. The number of amides is 2. The average Bonchev–Trinajstić information content (AvgIpc) is 3.14. The molecule has 2 aromatic rings. The Morgan fingerprint density at radius 3 is 2.82 bits per heavy atom. The number of hydrogen-bond donors (Lipinski definition) is 3. The minimum absolute atomic E-state index is 0. The molecule has 1 fully saturated rings. The number of nitrogens with one attached hydrogen (secondary N) is 3. The summed E-state index contributed by atoms with van der Waals surface area (Å²) in [6.07, 6.45) is 0.832. The minimum Gasteiger partial charge on any atom is -0.378 e. The number of anilines is 1. The molecule has 0 aliphatic carbocycles. The number of morpholine rings is 1. The molecule has 0 radical (unpaired) electrons. The van der Waals surface area contributed by atoms with Gasteiger partial charge in [0.15, 0.2) is 5.69 Å². The summed E-state index contributed by atoms with van der Waals surface area (Å²) in [7, 11) is 0. The van der Waals surface area contributed by atoms with Crippen molar-refractivity contribution in [3.63, 3.8) is 0 Å². The molecule has 3 heterocycles. The van der Waals surface area contributed by atoms with Gasteiger partial charge in [-0.15, -0.1) is 12.4 Å². The Labute approximate surface area is 169 Å². The van der Waals surface area contributed by atoms with E-state index < -0.39 is 0 Å². The normalized spacial score (nSPS) is 16.1. The Kier molecular flexibility index (Phi) is 6.33. The quantitative estimate of drug-likeness (QED) is 0.718. The number of rotatable bonds is 3. The molecule has 1 aromatic carbocycles. The maximum atomic E-state index is 12.7. The number of ether oxygens (including phenoxy) is 1. The number of nitrogens with zero attached hydrogens (tertiary/aromatic N) is 2. The smallest absolute Gasteiger partial charge is 0.276 e. The summed E-state index contributed by atoms with van der Waals surface area (Å²) in [5, 5.41) is 13.3. The summed E-state index contributed by atoms with van der Waals surface area (Å²) < 4.78 is 5.30. The molecule has 0 atom stereocenters. The van der Waals surface area contributed by atoms with E-state index in [0.29, 0.717) is 49.8 Å². The highest BCUT2D eigenvalue weighted by atomic mass is 35.5. The highest BCUT2D eigenvalue weighted by molar-refractivity contribution is 6.05. The van der Waals surface area contributed by atoms with Crippen LogP contribution in [0.5, 0.6) is 0 Å². The van der Waals surface area contributed by atoms with Crippen LogP contribution in [0.25, 0.3) is 0 Å². The summed E-state index contributed by atoms with van der Waals surface area (Å²) in [6, 6.07) is 5.39. The van der Waals surface area contributed by atoms with Crippen molar-refractivity contribution in [2.75, 3.05) is 38.2 Å². The van der Waals surface area contributed by atoms with E-state index >= 15 is 0 Å². The molecule has 2 amide bonds. The van der Waals surface area contributed by atoms with Crippen LogP contribution in [0.15, 0.2) is 18.2 Å². The largest absolute Gasteiger partial charge is 0.378 e. The third-order valence-electron chi connectivity index (χ3n) is 5.05. The van der Waals surface area contributed by atoms with E-state index in [4.69, 9.17) is 4.74 Å². The van der Waals surface area contributed by atoms with Crippen LogP contribution in [-0.2, 0) is 17.7 Å². The topological polar surface area (TPSA) is 99.3 Å². The van der Waals surface area contributed by atoms with Crippen molar-refractivity contribution >= 4 is 29.9 Å². The zero-order valence-electron chi connectivity index (χ0n) is 15.7. The molecule has 3 N–H and O–H groups in total. The molecule has 8 nitrogen and oxygen atoms in total. The number of benzene rings is 1. The molecule has 4 rings (SSSR count). The summed E-state index contributed by atoms with van der Waals surface area (Å²) in [6.45, 7) is 5.69. The van der Waals surface area contributed by atoms with Crippen molar-refractivity contribution in [1.29, 1.82) is 0 Å². The minimum atomic E-state index is -0.268. The predicted molar refractivity (Wildman–Crippen MR) is 107 cm³/mol. The standard InChI is InChI=1S/C19H23N5O3.ClH/c1-12-2-3-13(19(26)24-6-8-27-9-7-24)10-16(12)21-18(25)17-14-11-20-5-4-15(14)22-23-17;/h2-3,10,20H,4-9,11H2,1H3,(H,21,25)(H,22,23);1H. The van der Waals surface area contributed by atoms with Gasteiger partial charge in [0.25, 0.3) is 11.8 Å². The van der Waals surface area contributed by atoms with Crippen LogP contribution in [0.2, 0.25) is 0 Å². The second-order valence-electron chi connectivity index (χ2n) is 6.84. The Bertz CT molecular complexity index is 876. The number of carbonyl (C=O) groups is 2. The van der Waals surface area contributed by atoms with E-state index in [1.54, 1.807) is 17.0 Å². The lowest BCUT2D eigenvalue weighted by Crippen LogP contribution is -2.40. The number of aromatic nitrogens is 2. The molecule has 0 bridgehead atoms. The summed E-state index contributed by atoms with van der Waals surface area (Å²) in [4.78, 5) is 27.2. The second-order valence-corrected chi connectivity index (χ2v) is 6.84. The van der Waals surface area contributed by atoms with E-state index in [0.717, 1.165) is 29.8 Å².